The molecule has 0 spiro atoms. The second-order valence-electron chi connectivity index (χ2n) is 3.69. The van der Waals surface area contributed by atoms with Crippen LogP contribution in [-0.4, -0.2) is 35.3 Å². The number of benzene rings is 1. The molecule has 1 aliphatic rings. The van der Waals surface area contributed by atoms with Gasteiger partial charge in [-0.25, -0.2) is 4.79 Å². The summed E-state index contributed by atoms with van der Waals surface area (Å²) in [5, 5.41) is 20.8. The number of anilines is 1. The number of rotatable bonds is 3. The van der Waals surface area contributed by atoms with Gasteiger partial charge in [-0.15, -0.1) is 0 Å². The van der Waals surface area contributed by atoms with Gasteiger partial charge in [0.25, 0.3) is 5.91 Å². The van der Waals surface area contributed by atoms with Crippen LogP contribution in [0.4, 0.5) is 5.69 Å². The van der Waals surface area contributed by atoms with Crippen molar-refractivity contribution in [2.45, 2.75) is 0 Å². The number of hydrogen-bond acceptors (Lipinski definition) is 5. The Morgan fingerprint density at radius 2 is 2.05 bits per heavy atom. The Hall–Kier alpha value is -2.70. The highest BCUT2D eigenvalue weighted by Gasteiger charge is 2.17. The smallest absolute Gasteiger partial charge is 0.335 e. The molecule has 1 aromatic carbocycles. The molecule has 7 heteroatoms. The first kappa shape index (κ1) is 12.7. The average Bonchev–Trinajstić information content (AvgIpc) is 2.41. The van der Waals surface area contributed by atoms with Crippen molar-refractivity contribution in [3.63, 3.8) is 0 Å². The third kappa shape index (κ3) is 2.95. The van der Waals surface area contributed by atoms with E-state index >= 15 is 0 Å². The van der Waals surface area contributed by atoms with E-state index in [1.165, 1.54) is 18.4 Å². The minimum atomic E-state index is -1.17. The second-order valence-corrected chi connectivity index (χ2v) is 3.69. The maximum absolute atomic E-state index is 11.7. The number of carboxylic acid groups (broad SMARTS) is 1. The zero-order valence-corrected chi connectivity index (χ0v) is 9.75. The van der Waals surface area contributed by atoms with Gasteiger partial charge in [-0.2, -0.15) is 0 Å². The van der Waals surface area contributed by atoms with Crippen molar-refractivity contribution in [3.8, 4) is 5.75 Å². The van der Waals surface area contributed by atoms with Crippen molar-refractivity contribution in [1.29, 1.82) is 0 Å². The van der Waals surface area contributed by atoms with Crippen LogP contribution >= 0.6 is 0 Å². The largest absolute Gasteiger partial charge is 0.506 e. The summed E-state index contributed by atoms with van der Waals surface area (Å²) in [6.45, 7) is 0.637. The molecule has 0 aliphatic carbocycles. The van der Waals surface area contributed by atoms with E-state index in [1.807, 2.05) is 0 Å². The van der Waals surface area contributed by atoms with E-state index in [4.69, 9.17) is 14.6 Å². The molecule has 0 saturated carbocycles. The van der Waals surface area contributed by atoms with E-state index in [0.717, 1.165) is 6.07 Å². The van der Waals surface area contributed by atoms with E-state index < -0.39 is 11.9 Å². The summed E-state index contributed by atoms with van der Waals surface area (Å²) in [6.07, 6.45) is 1.18. The lowest BCUT2D eigenvalue weighted by Crippen LogP contribution is -2.21. The highest BCUT2D eigenvalue weighted by atomic mass is 16.6. The summed E-state index contributed by atoms with van der Waals surface area (Å²) >= 11 is 0. The molecule has 0 unspecified atom stereocenters. The van der Waals surface area contributed by atoms with Crippen LogP contribution in [-0.2, 0) is 14.3 Å². The number of aromatic hydroxyl groups is 1. The van der Waals surface area contributed by atoms with Gasteiger partial charge in [0.15, 0.2) is 0 Å². The SMILES string of the molecule is O=C(Nc1ccc(C(=O)O)cc1O)C1=COCCO1. The molecule has 0 atom stereocenters. The quantitative estimate of drug-likeness (QED) is 0.702. The molecule has 0 aromatic heterocycles. The monoisotopic (exact) mass is 265 g/mol. The molecule has 7 nitrogen and oxygen atoms in total. The Morgan fingerprint density at radius 1 is 1.26 bits per heavy atom. The van der Waals surface area contributed by atoms with Gasteiger partial charge in [-0.05, 0) is 18.2 Å². The normalized spacial score (nSPS) is 13.8. The number of carboxylic acids is 1. The first-order valence-corrected chi connectivity index (χ1v) is 5.40. The fraction of sp³-hybridized carbons (Fsp3) is 0.167. The van der Waals surface area contributed by atoms with E-state index in [-0.39, 0.29) is 29.4 Å². The van der Waals surface area contributed by atoms with Gasteiger partial charge >= 0.3 is 5.97 Å². The van der Waals surface area contributed by atoms with Crippen LogP contribution in [0, 0.1) is 0 Å². The van der Waals surface area contributed by atoms with Gasteiger partial charge in [0.2, 0.25) is 5.76 Å². The first-order chi connectivity index (χ1) is 9.08. The van der Waals surface area contributed by atoms with Gasteiger partial charge in [-0.3, -0.25) is 4.79 Å². The molecule has 100 valence electrons. The van der Waals surface area contributed by atoms with Crippen LogP contribution in [0.25, 0.3) is 0 Å². The van der Waals surface area contributed by atoms with Crippen molar-refractivity contribution in [3.05, 3.63) is 35.8 Å². The zero-order valence-electron chi connectivity index (χ0n) is 9.75. The topological polar surface area (TPSA) is 105 Å². The van der Waals surface area contributed by atoms with Gasteiger partial charge in [0, 0.05) is 0 Å². The van der Waals surface area contributed by atoms with Crippen LogP contribution < -0.4 is 5.32 Å². The van der Waals surface area contributed by atoms with Crippen LogP contribution in [0.3, 0.4) is 0 Å². The summed E-state index contributed by atoms with van der Waals surface area (Å²) < 4.78 is 10.00. The van der Waals surface area contributed by atoms with Crippen LogP contribution in [0.1, 0.15) is 10.4 Å². The Balaban J connectivity index is 2.13. The highest BCUT2D eigenvalue weighted by Crippen LogP contribution is 2.25. The predicted octanol–water partition coefficient (Wildman–Crippen LogP) is 0.917. The predicted molar refractivity (Wildman–Crippen MR) is 63.7 cm³/mol. The minimum Gasteiger partial charge on any atom is -0.506 e. The molecule has 0 saturated heterocycles. The number of phenols is 1. The Bertz CT molecular complexity index is 551. The standard InChI is InChI=1S/C12H11NO6/c14-9-5-7(12(16)17)1-2-8(9)13-11(15)10-6-18-3-4-19-10/h1-2,5-6,14H,3-4H2,(H,13,15)(H,16,17). The lowest BCUT2D eigenvalue weighted by Gasteiger charge is -2.15. The third-order valence-electron chi connectivity index (χ3n) is 2.37. The van der Waals surface area contributed by atoms with Crippen molar-refractivity contribution in [2.24, 2.45) is 0 Å². The van der Waals surface area contributed by atoms with E-state index in [9.17, 15) is 14.7 Å². The molecule has 3 N–H and O–H groups in total. The highest BCUT2D eigenvalue weighted by molar-refractivity contribution is 6.03. The van der Waals surface area contributed by atoms with E-state index in [2.05, 4.69) is 5.32 Å². The molecule has 0 bridgehead atoms. The Labute approximate surface area is 108 Å². The zero-order chi connectivity index (χ0) is 13.8. The number of amides is 1. The van der Waals surface area contributed by atoms with E-state index in [1.54, 1.807) is 0 Å². The number of phenolic OH excluding ortho intramolecular Hbond substituents is 1. The van der Waals surface area contributed by atoms with Gasteiger partial charge < -0.3 is 25.0 Å². The lowest BCUT2D eigenvalue weighted by molar-refractivity contribution is -0.117. The van der Waals surface area contributed by atoms with Crippen molar-refractivity contribution in [2.75, 3.05) is 18.5 Å². The number of aromatic carboxylic acids is 1. The third-order valence-corrected chi connectivity index (χ3v) is 2.37. The maximum atomic E-state index is 11.7. The van der Waals surface area contributed by atoms with Crippen molar-refractivity contribution < 1.29 is 29.3 Å². The lowest BCUT2D eigenvalue weighted by atomic mass is 10.2. The molecule has 2 rings (SSSR count). The van der Waals surface area contributed by atoms with Crippen molar-refractivity contribution in [1.82, 2.24) is 0 Å². The molecule has 1 heterocycles. The number of nitrogens with one attached hydrogen (secondary N) is 1. The molecular weight excluding hydrogens is 254 g/mol. The molecule has 0 fully saturated rings. The number of carbonyl (C=O) groups excluding carboxylic acids is 1. The Kier molecular flexibility index (Phi) is 3.56. The molecule has 1 amide bonds. The maximum Gasteiger partial charge on any atom is 0.335 e. The van der Waals surface area contributed by atoms with E-state index in [0.29, 0.717) is 6.61 Å². The fourth-order valence-corrected chi connectivity index (χ4v) is 1.44. The first-order valence-electron chi connectivity index (χ1n) is 5.40. The minimum absolute atomic E-state index is 0.00652. The van der Waals surface area contributed by atoms with Crippen molar-refractivity contribution >= 4 is 17.6 Å². The van der Waals surface area contributed by atoms with Gasteiger partial charge in [0.05, 0.1) is 11.3 Å². The summed E-state index contributed by atoms with van der Waals surface area (Å²) in [7, 11) is 0. The number of carbonyl (C=O) groups is 2. The van der Waals surface area contributed by atoms with Crippen LogP contribution in [0.2, 0.25) is 0 Å². The summed E-state index contributed by atoms with van der Waals surface area (Å²) in [4.78, 5) is 22.4. The summed E-state index contributed by atoms with van der Waals surface area (Å²) in [6, 6.07) is 3.61. The average molecular weight is 265 g/mol. The van der Waals surface area contributed by atoms with Crippen LogP contribution in [0.15, 0.2) is 30.2 Å². The summed E-state index contributed by atoms with van der Waals surface area (Å²) in [5.74, 6) is -2.10. The number of hydrogen-bond donors (Lipinski definition) is 3. The number of ether oxygens (including phenoxy) is 2. The Morgan fingerprint density at radius 3 is 2.63 bits per heavy atom. The van der Waals surface area contributed by atoms with Gasteiger partial charge in [0.1, 0.15) is 25.2 Å². The van der Waals surface area contributed by atoms with Crippen LogP contribution in [0.5, 0.6) is 5.75 Å². The molecular formula is C12H11NO6. The molecule has 0 radical (unpaired) electrons. The molecule has 1 aliphatic heterocycles. The van der Waals surface area contributed by atoms with Gasteiger partial charge in [-0.1, -0.05) is 0 Å². The second kappa shape index (κ2) is 5.30. The fourth-order valence-electron chi connectivity index (χ4n) is 1.44. The molecule has 19 heavy (non-hydrogen) atoms. The summed E-state index contributed by atoms with van der Waals surface area (Å²) in [5.41, 5.74) is 0.0111. The molecule has 1 aromatic rings.